The van der Waals surface area contributed by atoms with Gasteiger partial charge in [0.05, 0.1) is 0 Å². The predicted octanol–water partition coefficient (Wildman–Crippen LogP) is 2.59. The third-order valence-electron chi connectivity index (χ3n) is 6.12. The van der Waals surface area contributed by atoms with Crippen molar-refractivity contribution in [2.24, 2.45) is 11.5 Å². The van der Waals surface area contributed by atoms with E-state index in [0.717, 1.165) is 18.0 Å². The molecule has 0 spiro atoms. The fraction of sp³-hybridized carbons (Fsp3) is 0.579. The maximum atomic E-state index is 6.96. The van der Waals surface area contributed by atoms with Crippen LogP contribution in [0.2, 0.25) is 6.04 Å². The summed E-state index contributed by atoms with van der Waals surface area (Å²) in [6, 6.07) is 10.8. The van der Waals surface area contributed by atoms with E-state index in [0.29, 0.717) is 12.8 Å². The summed E-state index contributed by atoms with van der Waals surface area (Å²) < 4.78 is 18.1. The van der Waals surface area contributed by atoms with Gasteiger partial charge in [0.1, 0.15) is 10.9 Å². The van der Waals surface area contributed by atoms with Crippen molar-refractivity contribution in [2.75, 3.05) is 21.3 Å². The number of nitrogens with two attached hydrogens (primary N) is 2. The van der Waals surface area contributed by atoms with Gasteiger partial charge in [0.25, 0.3) is 0 Å². The van der Waals surface area contributed by atoms with Crippen molar-refractivity contribution in [2.45, 2.75) is 48.5 Å². The minimum Gasteiger partial charge on any atom is -0.396 e. The normalized spacial score (nSPS) is 30.8. The van der Waals surface area contributed by atoms with Gasteiger partial charge in [0.15, 0.2) is 0 Å². The molecule has 0 saturated carbocycles. The van der Waals surface area contributed by atoms with Crippen LogP contribution in [-0.2, 0) is 19.0 Å². The van der Waals surface area contributed by atoms with Crippen molar-refractivity contribution < 1.29 is 13.6 Å². The Labute approximate surface area is 152 Å². The lowest BCUT2D eigenvalue weighted by Crippen LogP contribution is -2.88. The van der Waals surface area contributed by atoms with Gasteiger partial charge in [-0.3, -0.25) is 0 Å². The molecule has 140 valence electrons. The monoisotopic (exact) mass is 364 g/mol. The summed E-state index contributed by atoms with van der Waals surface area (Å²) in [5.74, 6) is 0. The molecule has 0 bridgehead atoms. The lowest BCUT2D eigenvalue weighted by Gasteiger charge is -2.63. The molecule has 0 amide bonds. The van der Waals surface area contributed by atoms with Gasteiger partial charge in [-0.05, 0) is 24.4 Å². The molecule has 0 radical (unpaired) electrons. The van der Waals surface area contributed by atoms with Crippen molar-refractivity contribution in [3.05, 3.63) is 48.6 Å². The molecule has 1 aromatic carbocycles. The zero-order chi connectivity index (χ0) is 18.8. The Morgan fingerprint density at radius 2 is 1.76 bits per heavy atom. The fourth-order valence-electron chi connectivity index (χ4n) is 4.75. The second kappa shape index (κ2) is 7.30. The van der Waals surface area contributed by atoms with Crippen LogP contribution in [0, 0.1) is 0 Å². The fourth-order valence-corrected chi connectivity index (χ4v) is 8.90. The van der Waals surface area contributed by atoms with E-state index >= 15 is 0 Å². The summed E-state index contributed by atoms with van der Waals surface area (Å²) >= 11 is 0. The Morgan fingerprint density at radius 1 is 1.16 bits per heavy atom. The Kier molecular flexibility index (Phi) is 5.93. The second-order valence-corrected chi connectivity index (χ2v) is 10.5. The van der Waals surface area contributed by atoms with Crippen molar-refractivity contribution in [3.8, 4) is 0 Å². The van der Waals surface area contributed by atoms with Crippen LogP contribution >= 0.6 is 0 Å². The number of benzene rings is 1. The van der Waals surface area contributed by atoms with E-state index in [1.807, 2.05) is 24.3 Å². The lowest BCUT2D eigenvalue weighted by atomic mass is 9.65. The summed E-state index contributed by atoms with van der Waals surface area (Å²) in [5, 5.41) is -0.902. The molecule has 2 unspecified atom stereocenters. The summed E-state index contributed by atoms with van der Waals surface area (Å²) in [6.07, 6.45) is 4.10. The molecule has 2 atom stereocenters. The number of rotatable bonds is 7. The molecule has 1 aromatic rings. The first kappa shape index (κ1) is 20.3. The van der Waals surface area contributed by atoms with Crippen molar-refractivity contribution in [1.82, 2.24) is 0 Å². The van der Waals surface area contributed by atoms with E-state index in [9.17, 15) is 0 Å². The smallest absolute Gasteiger partial charge is 0.374 e. The molecule has 25 heavy (non-hydrogen) atoms. The molecule has 0 aromatic heterocycles. The molecule has 6 heteroatoms. The molecule has 0 aliphatic carbocycles. The van der Waals surface area contributed by atoms with Crippen LogP contribution in [0.4, 0.5) is 0 Å². The Hall–Kier alpha value is -1.02. The Morgan fingerprint density at radius 3 is 2.20 bits per heavy atom. The molecule has 4 N–H and O–H groups in total. The van der Waals surface area contributed by atoms with Crippen LogP contribution in [0.25, 0.3) is 0 Å². The molecule has 1 heterocycles. The molecule has 2 rings (SSSR count). The third-order valence-corrected chi connectivity index (χ3v) is 10.4. The van der Waals surface area contributed by atoms with Gasteiger partial charge in [-0.15, -0.1) is 6.58 Å². The molecule has 5 nitrogen and oxygen atoms in total. The van der Waals surface area contributed by atoms with Crippen LogP contribution < -0.4 is 11.5 Å². The first-order valence-corrected chi connectivity index (χ1v) is 10.8. The highest BCUT2D eigenvalue weighted by atomic mass is 28.4. The van der Waals surface area contributed by atoms with E-state index in [2.05, 4.69) is 25.6 Å². The highest BCUT2D eigenvalue weighted by molar-refractivity contribution is 6.71. The number of hydrogen-bond donors (Lipinski definition) is 2. The van der Waals surface area contributed by atoms with Crippen LogP contribution in [0.15, 0.2) is 43.0 Å². The van der Waals surface area contributed by atoms with E-state index < -0.39 is 24.9 Å². The van der Waals surface area contributed by atoms with Crippen molar-refractivity contribution in [1.29, 1.82) is 0 Å². The van der Waals surface area contributed by atoms with Crippen LogP contribution in [0.1, 0.15) is 31.7 Å². The number of ether oxygens (including phenoxy) is 1. The standard InChI is InChI=1S/C19H32N2O3Si/c1-6-13-18(22-3)19(20,21)17(7-2,16-11-9-8-10-12-16)14-15-25(18,23-4)24-5/h7-12H,2,6,13-15,20-21H2,1,3-5H3. The van der Waals surface area contributed by atoms with Gasteiger partial charge in [-0.1, -0.05) is 49.8 Å². The quantitative estimate of drug-likeness (QED) is 0.442. The van der Waals surface area contributed by atoms with Gasteiger partial charge in [0, 0.05) is 26.7 Å². The summed E-state index contributed by atoms with van der Waals surface area (Å²) in [6.45, 7) is 6.20. The van der Waals surface area contributed by atoms with Crippen LogP contribution in [0.5, 0.6) is 0 Å². The lowest BCUT2D eigenvalue weighted by molar-refractivity contribution is -0.0863. The van der Waals surface area contributed by atoms with Gasteiger partial charge in [-0.25, -0.2) is 0 Å². The molecule has 1 saturated heterocycles. The van der Waals surface area contributed by atoms with E-state index in [1.54, 1.807) is 21.3 Å². The average Bonchev–Trinajstić information content (AvgIpc) is 2.64. The highest BCUT2D eigenvalue weighted by Gasteiger charge is 2.74. The molecular weight excluding hydrogens is 332 g/mol. The Balaban J connectivity index is 2.76. The summed E-state index contributed by atoms with van der Waals surface area (Å²) in [4.78, 5) is 0. The van der Waals surface area contributed by atoms with Gasteiger partial charge >= 0.3 is 8.56 Å². The Bertz CT molecular complexity index is 592. The zero-order valence-electron chi connectivity index (χ0n) is 15.9. The largest absolute Gasteiger partial charge is 0.396 e. The predicted molar refractivity (Wildman–Crippen MR) is 103 cm³/mol. The minimum absolute atomic E-state index is 0.632. The molecule has 1 aliphatic rings. The van der Waals surface area contributed by atoms with Crippen molar-refractivity contribution >= 4 is 8.56 Å². The summed E-state index contributed by atoms with van der Waals surface area (Å²) in [7, 11) is 2.19. The number of methoxy groups -OCH3 is 1. The average molecular weight is 365 g/mol. The zero-order valence-corrected chi connectivity index (χ0v) is 16.9. The van der Waals surface area contributed by atoms with E-state index in [-0.39, 0.29) is 0 Å². The van der Waals surface area contributed by atoms with Crippen molar-refractivity contribution in [3.63, 3.8) is 0 Å². The van der Waals surface area contributed by atoms with Gasteiger partial charge in [-0.2, -0.15) is 0 Å². The highest BCUT2D eigenvalue weighted by Crippen LogP contribution is 2.55. The third kappa shape index (κ3) is 2.55. The summed E-state index contributed by atoms with van der Waals surface area (Å²) in [5.41, 5.74) is 13.1. The van der Waals surface area contributed by atoms with E-state index in [1.165, 1.54) is 0 Å². The molecular formula is C19H32N2O3Si. The molecule has 1 fully saturated rings. The second-order valence-electron chi connectivity index (χ2n) is 6.85. The van der Waals surface area contributed by atoms with Crippen LogP contribution in [0.3, 0.4) is 0 Å². The maximum absolute atomic E-state index is 6.96. The number of hydrogen-bond acceptors (Lipinski definition) is 5. The topological polar surface area (TPSA) is 79.7 Å². The minimum atomic E-state index is -2.82. The maximum Gasteiger partial charge on any atom is 0.374 e. The van der Waals surface area contributed by atoms with Gasteiger partial charge in [0.2, 0.25) is 0 Å². The van der Waals surface area contributed by atoms with E-state index in [4.69, 9.17) is 25.1 Å². The van der Waals surface area contributed by atoms with Gasteiger partial charge < -0.3 is 25.1 Å². The van der Waals surface area contributed by atoms with Crippen LogP contribution in [-0.4, -0.2) is 40.8 Å². The first-order chi connectivity index (χ1) is 11.9. The SMILES string of the molecule is C=CC1(c2ccccc2)CC[Si](OC)(OC)C(CCC)(OC)C1(N)N. The first-order valence-electron chi connectivity index (χ1n) is 8.79. The molecule has 1 aliphatic heterocycles.